The highest BCUT2D eigenvalue weighted by Gasteiger charge is 2.08. The van der Waals surface area contributed by atoms with Crippen LogP contribution in [0.1, 0.15) is 13.3 Å². The summed E-state index contributed by atoms with van der Waals surface area (Å²) in [7, 11) is 0. The summed E-state index contributed by atoms with van der Waals surface area (Å²) in [5, 5.41) is 0. The van der Waals surface area contributed by atoms with Crippen molar-refractivity contribution in [1.29, 1.82) is 0 Å². The third-order valence-electron chi connectivity index (χ3n) is 3.04. The zero-order valence-electron chi connectivity index (χ0n) is 11.3. The average Bonchev–Trinajstić information content (AvgIpc) is 2.49. The van der Waals surface area contributed by atoms with Crippen molar-refractivity contribution in [2.75, 3.05) is 13.2 Å². The molecule has 0 aliphatic rings. The quantitative estimate of drug-likeness (QED) is 0.740. The Morgan fingerprint density at radius 3 is 1.53 bits per heavy atom. The van der Waals surface area contributed by atoms with E-state index in [-0.39, 0.29) is 0 Å². The normalized spacial score (nSPS) is 10.4. The van der Waals surface area contributed by atoms with E-state index >= 15 is 0 Å². The Labute approximate surface area is 115 Å². The Kier molecular flexibility index (Phi) is 5.30. The van der Waals surface area contributed by atoms with Crippen LogP contribution in [0.15, 0.2) is 60.7 Å². The highest BCUT2D eigenvalue weighted by Crippen LogP contribution is 2.14. The lowest BCUT2D eigenvalue weighted by Crippen LogP contribution is -2.19. The maximum absolute atomic E-state index is 5.77. The first kappa shape index (κ1) is 13.5. The molecule has 2 aromatic carbocycles. The summed E-state index contributed by atoms with van der Waals surface area (Å²) in [6.07, 6.45) is 1.04. The summed E-state index contributed by atoms with van der Waals surface area (Å²) in [6, 6.07) is 19.8. The first-order valence-corrected chi connectivity index (χ1v) is 6.74. The van der Waals surface area contributed by atoms with Gasteiger partial charge in [0.15, 0.2) is 0 Å². The van der Waals surface area contributed by atoms with Crippen molar-refractivity contribution < 1.29 is 9.47 Å². The fourth-order valence-electron chi connectivity index (χ4n) is 1.75. The molecule has 0 aliphatic carbocycles. The van der Waals surface area contributed by atoms with Crippen molar-refractivity contribution in [2.45, 2.75) is 13.3 Å². The molecule has 0 bridgehead atoms. The Morgan fingerprint density at radius 2 is 1.16 bits per heavy atom. The number of ether oxygens (including phenoxy) is 2. The molecule has 0 aliphatic heterocycles. The fraction of sp³-hybridized carbons (Fsp3) is 0.294. The van der Waals surface area contributed by atoms with Gasteiger partial charge < -0.3 is 9.47 Å². The van der Waals surface area contributed by atoms with Crippen molar-refractivity contribution in [3.05, 3.63) is 60.7 Å². The van der Waals surface area contributed by atoms with E-state index in [1.165, 1.54) is 0 Å². The molecule has 2 nitrogen and oxygen atoms in total. The SMILES string of the molecule is CCC(COc1ccccc1)COc1ccccc1. The topological polar surface area (TPSA) is 18.5 Å². The second-order valence-corrected chi connectivity index (χ2v) is 4.52. The van der Waals surface area contributed by atoms with Gasteiger partial charge >= 0.3 is 0 Å². The Hall–Kier alpha value is -1.96. The van der Waals surface area contributed by atoms with Crippen molar-refractivity contribution >= 4 is 0 Å². The van der Waals surface area contributed by atoms with Crippen LogP contribution in [0.4, 0.5) is 0 Å². The molecule has 0 aromatic heterocycles. The number of para-hydroxylation sites is 2. The van der Waals surface area contributed by atoms with Crippen molar-refractivity contribution in [3.8, 4) is 11.5 Å². The smallest absolute Gasteiger partial charge is 0.119 e. The van der Waals surface area contributed by atoms with Gasteiger partial charge in [-0.15, -0.1) is 0 Å². The first-order chi connectivity index (χ1) is 9.38. The van der Waals surface area contributed by atoms with E-state index in [0.29, 0.717) is 19.1 Å². The van der Waals surface area contributed by atoms with Crippen LogP contribution >= 0.6 is 0 Å². The molecule has 0 unspecified atom stereocenters. The van der Waals surface area contributed by atoms with Gasteiger partial charge in [-0.05, 0) is 30.7 Å². The molecule has 0 spiro atoms. The minimum atomic E-state index is 0.403. The van der Waals surface area contributed by atoms with Crippen LogP contribution in [0.3, 0.4) is 0 Å². The van der Waals surface area contributed by atoms with E-state index in [1.807, 2.05) is 60.7 Å². The van der Waals surface area contributed by atoms with Gasteiger partial charge in [-0.2, -0.15) is 0 Å². The van der Waals surface area contributed by atoms with E-state index in [4.69, 9.17) is 9.47 Å². The zero-order valence-corrected chi connectivity index (χ0v) is 11.3. The van der Waals surface area contributed by atoms with Crippen LogP contribution < -0.4 is 9.47 Å². The molecule has 2 aromatic rings. The standard InChI is InChI=1S/C17H20O2/c1-2-15(13-18-16-9-5-3-6-10-16)14-19-17-11-7-4-8-12-17/h3-12,15H,2,13-14H2,1H3. The van der Waals surface area contributed by atoms with Gasteiger partial charge in [0.05, 0.1) is 13.2 Å². The van der Waals surface area contributed by atoms with E-state index in [0.717, 1.165) is 17.9 Å². The second-order valence-electron chi connectivity index (χ2n) is 4.52. The summed E-state index contributed by atoms with van der Waals surface area (Å²) in [4.78, 5) is 0. The average molecular weight is 256 g/mol. The highest BCUT2D eigenvalue weighted by molar-refractivity contribution is 5.21. The Balaban J connectivity index is 1.77. The maximum Gasteiger partial charge on any atom is 0.119 e. The van der Waals surface area contributed by atoms with Gasteiger partial charge in [0.1, 0.15) is 11.5 Å². The van der Waals surface area contributed by atoms with Crippen LogP contribution in [-0.2, 0) is 0 Å². The summed E-state index contributed by atoms with van der Waals surface area (Å²) in [5.41, 5.74) is 0. The minimum absolute atomic E-state index is 0.403. The monoisotopic (exact) mass is 256 g/mol. The van der Waals surface area contributed by atoms with Crippen LogP contribution in [0.25, 0.3) is 0 Å². The van der Waals surface area contributed by atoms with E-state index in [9.17, 15) is 0 Å². The molecule has 2 heteroatoms. The Bertz CT molecular complexity index is 410. The second kappa shape index (κ2) is 7.47. The first-order valence-electron chi connectivity index (χ1n) is 6.74. The maximum atomic E-state index is 5.77. The Morgan fingerprint density at radius 1 is 0.737 bits per heavy atom. The highest BCUT2D eigenvalue weighted by atomic mass is 16.5. The van der Waals surface area contributed by atoms with Crippen LogP contribution in [-0.4, -0.2) is 13.2 Å². The third kappa shape index (κ3) is 4.66. The van der Waals surface area contributed by atoms with E-state index in [2.05, 4.69) is 6.92 Å². The molecule has 100 valence electrons. The minimum Gasteiger partial charge on any atom is -0.493 e. The van der Waals surface area contributed by atoms with Gasteiger partial charge in [-0.1, -0.05) is 43.3 Å². The molecule has 0 saturated carbocycles. The third-order valence-corrected chi connectivity index (χ3v) is 3.04. The zero-order chi connectivity index (χ0) is 13.3. The molecule has 0 N–H and O–H groups in total. The van der Waals surface area contributed by atoms with Gasteiger partial charge in [0.25, 0.3) is 0 Å². The molecular weight excluding hydrogens is 236 g/mol. The van der Waals surface area contributed by atoms with E-state index < -0.39 is 0 Å². The molecule has 0 saturated heterocycles. The lowest BCUT2D eigenvalue weighted by atomic mass is 10.1. The van der Waals surface area contributed by atoms with Crippen LogP contribution in [0.2, 0.25) is 0 Å². The number of benzene rings is 2. The molecule has 0 atom stereocenters. The molecule has 0 fully saturated rings. The van der Waals surface area contributed by atoms with Gasteiger partial charge in [0.2, 0.25) is 0 Å². The molecule has 0 heterocycles. The number of hydrogen-bond donors (Lipinski definition) is 0. The van der Waals surface area contributed by atoms with Gasteiger partial charge in [0, 0.05) is 5.92 Å². The summed E-state index contributed by atoms with van der Waals surface area (Å²) in [6.45, 7) is 3.54. The predicted molar refractivity (Wildman–Crippen MR) is 77.7 cm³/mol. The van der Waals surface area contributed by atoms with Crippen molar-refractivity contribution in [3.63, 3.8) is 0 Å². The fourth-order valence-corrected chi connectivity index (χ4v) is 1.75. The van der Waals surface area contributed by atoms with Crippen molar-refractivity contribution in [2.24, 2.45) is 5.92 Å². The lowest BCUT2D eigenvalue weighted by molar-refractivity contribution is 0.173. The lowest BCUT2D eigenvalue weighted by Gasteiger charge is -2.16. The van der Waals surface area contributed by atoms with Crippen LogP contribution in [0.5, 0.6) is 11.5 Å². The van der Waals surface area contributed by atoms with Gasteiger partial charge in [-0.25, -0.2) is 0 Å². The largest absolute Gasteiger partial charge is 0.493 e. The molecule has 0 radical (unpaired) electrons. The molecule has 2 rings (SSSR count). The number of rotatable bonds is 7. The molecular formula is C17H20O2. The number of hydrogen-bond acceptors (Lipinski definition) is 2. The summed E-state index contributed by atoms with van der Waals surface area (Å²) in [5.74, 6) is 2.24. The summed E-state index contributed by atoms with van der Waals surface area (Å²) < 4.78 is 11.5. The summed E-state index contributed by atoms with van der Waals surface area (Å²) >= 11 is 0. The predicted octanol–water partition coefficient (Wildman–Crippen LogP) is 4.17. The van der Waals surface area contributed by atoms with Crippen LogP contribution in [0, 0.1) is 5.92 Å². The molecule has 19 heavy (non-hydrogen) atoms. The van der Waals surface area contributed by atoms with Crippen molar-refractivity contribution in [1.82, 2.24) is 0 Å². The van der Waals surface area contributed by atoms with E-state index in [1.54, 1.807) is 0 Å². The molecule has 0 amide bonds. The van der Waals surface area contributed by atoms with Gasteiger partial charge in [-0.3, -0.25) is 0 Å².